The monoisotopic (exact) mass is 463 g/mol. The second-order valence-corrected chi connectivity index (χ2v) is 8.66. The SMILES string of the molecule is O=C(Nc1cc(-c2ccc3ncn(Cc4ccccc4F)c3c2)c(Cl)cn1)C1CCCNC1. The minimum atomic E-state index is -0.249. The van der Waals surface area contributed by atoms with Gasteiger partial charge in [0, 0.05) is 23.9 Å². The summed E-state index contributed by atoms with van der Waals surface area (Å²) in [6, 6.07) is 14.3. The molecule has 0 radical (unpaired) electrons. The van der Waals surface area contributed by atoms with Crippen LogP contribution in [0.1, 0.15) is 18.4 Å². The van der Waals surface area contributed by atoms with Crippen LogP contribution < -0.4 is 10.6 Å². The number of nitrogens with one attached hydrogen (secondary N) is 2. The highest BCUT2D eigenvalue weighted by Gasteiger charge is 2.21. The van der Waals surface area contributed by atoms with E-state index in [-0.39, 0.29) is 17.6 Å². The average Bonchev–Trinajstić information content (AvgIpc) is 3.24. The van der Waals surface area contributed by atoms with Crippen LogP contribution in [-0.2, 0) is 11.3 Å². The number of aromatic nitrogens is 3. The van der Waals surface area contributed by atoms with Crippen LogP contribution >= 0.6 is 11.6 Å². The molecule has 5 rings (SSSR count). The lowest BCUT2D eigenvalue weighted by atomic mass is 9.99. The van der Waals surface area contributed by atoms with Crippen molar-refractivity contribution in [1.82, 2.24) is 19.9 Å². The highest BCUT2D eigenvalue weighted by molar-refractivity contribution is 6.33. The van der Waals surface area contributed by atoms with Crippen LogP contribution in [0.15, 0.2) is 61.1 Å². The molecular weight excluding hydrogens is 441 g/mol. The summed E-state index contributed by atoms with van der Waals surface area (Å²) in [6.45, 7) is 1.99. The predicted molar refractivity (Wildman–Crippen MR) is 128 cm³/mol. The van der Waals surface area contributed by atoms with Gasteiger partial charge in [-0.2, -0.15) is 0 Å². The summed E-state index contributed by atoms with van der Waals surface area (Å²) in [5.74, 6) is 0.108. The first kappa shape index (κ1) is 21.6. The van der Waals surface area contributed by atoms with Gasteiger partial charge in [0.15, 0.2) is 0 Å². The van der Waals surface area contributed by atoms with Gasteiger partial charge >= 0.3 is 0 Å². The van der Waals surface area contributed by atoms with E-state index in [0.717, 1.165) is 41.5 Å². The van der Waals surface area contributed by atoms with Crippen molar-refractivity contribution in [2.75, 3.05) is 18.4 Å². The summed E-state index contributed by atoms with van der Waals surface area (Å²) >= 11 is 6.47. The first-order valence-electron chi connectivity index (χ1n) is 10.9. The number of benzene rings is 2. The van der Waals surface area contributed by atoms with E-state index in [1.807, 2.05) is 28.8 Å². The number of anilines is 1. The van der Waals surface area contributed by atoms with Crippen LogP contribution in [0.25, 0.3) is 22.2 Å². The van der Waals surface area contributed by atoms with E-state index < -0.39 is 0 Å². The van der Waals surface area contributed by atoms with Crippen molar-refractivity contribution in [3.8, 4) is 11.1 Å². The third-order valence-electron chi connectivity index (χ3n) is 6.00. The van der Waals surface area contributed by atoms with Gasteiger partial charge in [0.05, 0.1) is 34.8 Å². The molecule has 8 heteroatoms. The van der Waals surface area contributed by atoms with Gasteiger partial charge in [-0.25, -0.2) is 14.4 Å². The van der Waals surface area contributed by atoms with E-state index in [0.29, 0.717) is 29.5 Å². The molecule has 6 nitrogen and oxygen atoms in total. The zero-order valence-corrected chi connectivity index (χ0v) is 18.6. The van der Waals surface area contributed by atoms with Crippen LogP contribution in [0.2, 0.25) is 5.02 Å². The number of hydrogen-bond acceptors (Lipinski definition) is 4. The van der Waals surface area contributed by atoms with Gasteiger partial charge in [0.2, 0.25) is 5.91 Å². The van der Waals surface area contributed by atoms with Gasteiger partial charge in [-0.15, -0.1) is 0 Å². The molecule has 0 aliphatic carbocycles. The lowest BCUT2D eigenvalue weighted by Gasteiger charge is -2.21. The second kappa shape index (κ2) is 9.29. The minimum absolute atomic E-state index is 0.0404. The van der Waals surface area contributed by atoms with Crippen molar-refractivity contribution in [2.24, 2.45) is 5.92 Å². The Bertz CT molecular complexity index is 1320. The fraction of sp³-hybridized carbons (Fsp3) is 0.240. The number of fused-ring (bicyclic) bond motifs is 1. The number of nitrogens with zero attached hydrogens (tertiary/aromatic N) is 3. The number of amides is 1. The highest BCUT2D eigenvalue weighted by Crippen LogP contribution is 2.32. The van der Waals surface area contributed by atoms with E-state index in [9.17, 15) is 9.18 Å². The first-order chi connectivity index (χ1) is 16.1. The molecule has 1 unspecified atom stereocenters. The highest BCUT2D eigenvalue weighted by atomic mass is 35.5. The summed E-state index contributed by atoms with van der Waals surface area (Å²) in [4.78, 5) is 21.4. The molecule has 2 aromatic carbocycles. The maximum absolute atomic E-state index is 14.2. The van der Waals surface area contributed by atoms with E-state index in [1.165, 1.54) is 6.07 Å². The summed E-state index contributed by atoms with van der Waals surface area (Å²) in [5, 5.41) is 6.66. The maximum atomic E-state index is 14.2. The Morgan fingerprint density at radius 3 is 2.91 bits per heavy atom. The summed E-state index contributed by atoms with van der Waals surface area (Å²) in [7, 11) is 0. The van der Waals surface area contributed by atoms with Crippen molar-refractivity contribution in [3.05, 3.63) is 77.5 Å². The van der Waals surface area contributed by atoms with Gasteiger partial charge in [-0.3, -0.25) is 4.79 Å². The van der Waals surface area contributed by atoms with Crippen molar-refractivity contribution < 1.29 is 9.18 Å². The predicted octanol–water partition coefficient (Wildman–Crippen LogP) is 4.88. The molecule has 0 bridgehead atoms. The Morgan fingerprint density at radius 1 is 1.21 bits per heavy atom. The summed E-state index contributed by atoms with van der Waals surface area (Å²) in [6.07, 6.45) is 5.10. The molecule has 2 aromatic heterocycles. The van der Waals surface area contributed by atoms with Gasteiger partial charge in [0.1, 0.15) is 11.6 Å². The van der Waals surface area contributed by atoms with Crippen molar-refractivity contribution in [2.45, 2.75) is 19.4 Å². The number of imidazole rings is 1. The molecule has 4 aromatic rings. The van der Waals surface area contributed by atoms with Gasteiger partial charge in [-0.1, -0.05) is 35.9 Å². The fourth-order valence-electron chi connectivity index (χ4n) is 4.19. The largest absolute Gasteiger partial charge is 0.326 e. The number of halogens is 2. The average molecular weight is 464 g/mol. The topological polar surface area (TPSA) is 71.8 Å². The normalized spacial score (nSPS) is 16.1. The molecule has 168 valence electrons. The molecule has 33 heavy (non-hydrogen) atoms. The molecular formula is C25H23ClFN5O. The molecule has 1 atom stereocenters. The quantitative estimate of drug-likeness (QED) is 0.442. The first-order valence-corrected chi connectivity index (χ1v) is 11.3. The molecule has 1 saturated heterocycles. The van der Waals surface area contributed by atoms with Crippen molar-refractivity contribution >= 4 is 34.4 Å². The van der Waals surface area contributed by atoms with Crippen LogP contribution in [0.3, 0.4) is 0 Å². The third-order valence-corrected chi connectivity index (χ3v) is 6.31. The Labute approximate surface area is 195 Å². The lowest BCUT2D eigenvalue weighted by Crippen LogP contribution is -2.37. The summed E-state index contributed by atoms with van der Waals surface area (Å²) in [5.41, 5.74) is 3.87. The number of carbonyl (C=O) groups excluding carboxylic acids is 1. The van der Waals surface area contributed by atoms with Gasteiger partial charge in [-0.05, 0) is 49.2 Å². The Kier molecular flexibility index (Phi) is 6.07. The van der Waals surface area contributed by atoms with Crippen LogP contribution in [0.5, 0.6) is 0 Å². The van der Waals surface area contributed by atoms with Gasteiger partial charge < -0.3 is 15.2 Å². The third kappa shape index (κ3) is 4.60. The van der Waals surface area contributed by atoms with Gasteiger partial charge in [0.25, 0.3) is 0 Å². The molecule has 2 N–H and O–H groups in total. The van der Waals surface area contributed by atoms with Crippen LogP contribution in [-0.4, -0.2) is 33.5 Å². The van der Waals surface area contributed by atoms with Crippen molar-refractivity contribution in [1.29, 1.82) is 0 Å². The zero-order chi connectivity index (χ0) is 22.8. The molecule has 3 heterocycles. The Balaban J connectivity index is 1.44. The van der Waals surface area contributed by atoms with E-state index in [2.05, 4.69) is 20.6 Å². The number of pyridine rings is 1. The van der Waals surface area contributed by atoms with E-state index in [1.54, 1.807) is 30.7 Å². The number of carbonyl (C=O) groups is 1. The number of hydrogen-bond donors (Lipinski definition) is 2. The van der Waals surface area contributed by atoms with Crippen LogP contribution in [0.4, 0.5) is 10.2 Å². The second-order valence-electron chi connectivity index (χ2n) is 8.25. The molecule has 1 aliphatic heterocycles. The molecule has 0 saturated carbocycles. The molecule has 1 fully saturated rings. The standard InChI is InChI=1S/C25H23ClFN5O/c26-20-13-29-24(31-25(33)17-5-3-9-28-12-17)11-19(20)16-7-8-22-23(10-16)32(15-30-22)14-18-4-1-2-6-21(18)27/h1-2,4,6-8,10-11,13,15,17,28H,3,5,9,12,14H2,(H,29,31,33). The smallest absolute Gasteiger partial charge is 0.229 e. The van der Waals surface area contributed by atoms with E-state index >= 15 is 0 Å². The fourth-order valence-corrected chi connectivity index (χ4v) is 4.41. The zero-order valence-electron chi connectivity index (χ0n) is 17.9. The lowest BCUT2D eigenvalue weighted by molar-refractivity contribution is -0.120. The maximum Gasteiger partial charge on any atom is 0.229 e. The number of piperidine rings is 1. The number of rotatable bonds is 5. The van der Waals surface area contributed by atoms with Crippen molar-refractivity contribution in [3.63, 3.8) is 0 Å². The summed E-state index contributed by atoms with van der Waals surface area (Å²) < 4.78 is 16.1. The molecule has 0 spiro atoms. The molecule has 1 aliphatic rings. The minimum Gasteiger partial charge on any atom is -0.326 e. The Morgan fingerprint density at radius 2 is 2.09 bits per heavy atom. The Hall–Kier alpha value is -3.29. The van der Waals surface area contributed by atoms with Crippen LogP contribution in [0, 0.1) is 11.7 Å². The molecule has 1 amide bonds. The van der Waals surface area contributed by atoms with E-state index in [4.69, 9.17) is 11.6 Å².